The van der Waals surface area contributed by atoms with Crippen molar-refractivity contribution in [3.05, 3.63) is 60.2 Å². The van der Waals surface area contributed by atoms with Crippen molar-refractivity contribution in [1.82, 2.24) is 19.8 Å². The molecule has 0 aliphatic heterocycles. The van der Waals surface area contributed by atoms with E-state index in [0.29, 0.717) is 0 Å². The normalized spacial score (nSPS) is 12.9. The van der Waals surface area contributed by atoms with Crippen molar-refractivity contribution in [2.75, 3.05) is 26.2 Å². The molecule has 2 unspecified atom stereocenters. The van der Waals surface area contributed by atoms with Crippen molar-refractivity contribution >= 4 is 23.9 Å². The predicted molar refractivity (Wildman–Crippen MR) is 108 cm³/mol. The molecule has 0 fully saturated rings. The summed E-state index contributed by atoms with van der Waals surface area (Å²) in [5, 5.41) is 38.0. The summed E-state index contributed by atoms with van der Waals surface area (Å²) in [4.78, 5) is 56.9. The Labute approximate surface area is 182 Å². The summed E-state index contributed by atoms with van der Waals surface area (Å²) < 4.78 is 0. The highest BCUT2D eigenvalue weighted by molar-refractivity contribution is 5.79. The van der Waals surface area contributed by atoms with Crippen LogP contribution in [0.5, 0.6) is 0 Å². The van der Waals surface area contributed by atoms with Crippen LogP contribution in [0.4, 0.5) is 0 Å². The van der Waals surface area contributed by atoms with E-state index in [4.69, 9.17) is 10.2 Å². The van der Waals surface area contributed by atoms with Gasteiger partial charge in [0, 0.05) is 25.5 Å². The third-order valence-electron chi connectivity index (χ3n) is 4.46. The first-order valence-electron chi connectivity index (χ1n) is 9.40. The zero-order chi connectivity index (χ0) is 23.7. The van der Waals surface area contributed by atoms with Gasteiger partial charge in [-0.25, -0.2) is 0 Å². The summed E-state index contributed by atoms with van der Waals surface area (Å²) in [7, 11) is 0. The molecule has 32 heavy (non-hydrogen) atoms. The Bertz CT molecular complexity index is 868. The second-order valence-corrected chi connectivity index (χ2v) is 6.73. The van der Waals surface area contributed by atoms with Crippen LogP contribution in [0.2, 0.25) is 0 Å². The molecule has 2 aromatic rings. The molecule has 2 aromatic heterocycles. The first kappa shape index (κ1) is 24.4. The van der Waals surface area contributed by atoms with E-state index in [0.717, 1.165) is 9.80 Å². The quantitative estimate of drug-likeness (QED) is 0.328. The van der Waals surface area contributed by atoms with E-state index in [2.05, 4.69) is 9.97 Å². The van der Waals surface area contributed by atoms with Gasteiger partial charge in [-0.2, -0.15) is 0 Å². The van der Waals surface area contributed by atoms with Crippen molar-refractivity contribution in [3.8, 4) is 0 Å². The number of hydrogen-bond acceptors (Lipinski definition) is 8. The maximum atomic E-state index is 12.2. The maximum Gasteiger partial charge on any atom is 0.327 e. The van der Waals surface area contributed by atoms with Gasteiger partial charge in [-0.05, 0) is 24.3 Å². The van der Waals surface area contributed by atoms with Gasteiger partial charge in [0.2, 0.25) is 0 Å². The fourth-order valence-electron chi connectivity index (χ4n) is 3.21. The summed E-state index contributed by atoms with van der Waals surface area (Å²) in [6, 6.07) is 6.06. The van der Waals surface area contributed by atoms with Crippen LogP contribution >= 0.6 is 0 Å². The van der Waals surface area contributed by atoms with E-state index >= 15 is 0 Å². The lowest BCUT2D eigenvalue weighted by Gasteiger charge is -2.34. The van der Waals surface area contributed by atoms with Crippen molar-refractivity contribution in [1.29, 1.82) is 0 Å². The number of rotatable bonds is 13. The SMILES string of the molecule is O=C(O)CN(CCN(C(C(=O)O)c1ccccn1)C(C(=O)O)c1ccccn1)CC(=O)O. The number of hydrogen-bond donors (Lipinski definition) is 4. The molecule has 0 saturated heterocycles. The molecule has 0 aliphatic carbocycles. The van der Waals surface area contributed by atoms with Crippen LogP contribution in [0, 0.1) is 0 Å². The van der Waals surface area contributed by atoms with Crippen molar-refractivity contribution in [3.63, 3.8) is 0 Å². The summed E-state index contributed by atoms with van der Waals surface area (Å²) in [5.74, 6) is -5.32. The van der Waals surface area contributed by atoms with E-state index in [1.165, 1.54) is 24.5 Å². The summed E-state index contributed by atoms with van der Waals surface area (Å²) in [5.41, 5.74) is 0.121. The number of carboxylic acids is 4. The third-order valence-corrected chi connectivity index (χ3v) is 4.46. The molecule has 0 aliphatic rings. The van der Waals surface area contributed by atoms with Crippen molar-refractivity contribution < 1.29 is 39.6 Å². The van der Waals surface area contributed by atoms with Gasteiger partial charge in [0.15, 0.2) is 12.1 Å². The minimum Gasteiger partial charge on any atom is -0.480 e. The summed E-state index contributed by atoms with van der Waals surface area (Å²) in [6.07, 6.45) is 2.72. The van der Waals surface area contributed by atoms with E-state index in [-0.39, 0.29) is 24.5 Å². The van der Waals surface area contributed by atoms with Gasteiger partial charge in [-0.3, -0.25) is 38.9 Å². The average Bonchev–Trinajstić information content (AvgIpc) is 2.72. The number of aliphatic carboxylic acids is 4. The zero-order valence-electron chi connectivity index (χ0n) is 16.8. The lowest BCUT2D eigenvalue weighted by atomic mass is 10.0. The van der Waals surface area contributed by atoms with Crippen LogP contribution in [-0.4, -0.2) is 90.3 Å². The van der Waals surface area contributed by atoms with Crippen LogP contribution in [0.1, 0.15) is 23.5 Å². The fraction of sp³-hybridized carbons (Fsp3) is 0.300. The highest BCUT2D eigenvalue weighted by Gasteiger charge is 2.39. The Morgan fingerprint density at radius 3 is 1.47 bits per heavy atom. The van der Waals surface area contributed by atoms with Crippen LogP contribution in [0.3, 0.4) is 0 Å². The van der Waals surface area contributed by atoms with Gasteiger partial charge in [0.1, 0.15) is 0 Å². The highest BCUT2D eigenvalue weighted by atomic mass is 16.4. The monoisotopic (exact) mass is 446 g/mol. The van der Waals surface area contributed by atoms with Crippen LogP contribution in [0.15, 0.2) is 48.8 Å². The van der Waals surface area contributed by atoms with Crippen molar-refractivity contribution in [2.24, 2.45) is 0 Å². The van der Waals surface area contributed by atoms with E-state index in [1.807, 2.05) is 0 Å². The van der Waals surface area contributed by atoms with E-state index in [9.17, 15) is 29.4 Å². The molecule has 2 rings (SSSR count). The van der Waals surface area contributed by atoms with Gasteiger partial charge in [-0.15, -0.1) is 0 Å². The second kappa shape index (κ2) is 11.5. The Kier molecular flexibility index (Phi) is 8.74. The number of nitrogens with zero attached hydrogens (tertiary/aromatic N) is 4. The minimum absolute atomic E-state index is 0.0604. The van der Waals surface area contributed by atoms with Gasteiger partial charge in [-0.1, -0.05) is 12.1 Å². The number of carbonyl (C=O) groups is 4. The standard InChI is InChI=1S/C20H22N4O8/c25-15(26)11-23(12-16(27)28)9-10-24(17(19(29)30)13-5-1-3-7-21-13)18(20(31)32)14-6-2-4-8-22-14/h1-8,17-18H,9-12H2,(H,25,26)(H,27,28)(H,29,30)(H,31,32). The number of pyridine rings is 2. The highest BCUT2D eigenvalue weighted by Crippen LogP contribution is 2.29. The van der Waals surface area contributed by atoms with Gasteiger partial charge < -0.3 is 20.4 Å². The molecule has 0 aromatic carbocycles. The largest absolute Gasteiger partial charge is 0.480 e. The van der Waals surface area contributed by atoms with Crippen LogP contribution < -0.4 is 0 Å². The zero-order valence-corrected chi connectivity index (χ0v) is 16.8. The smallest absolute Gasteiger partial charge is 0.327 e. The summed E-state index contributed by atoms with van der Waals surface area (Å²) >= 11 is 0. The van der Waals surface area contributed by atoms with Gasteiger partial charge in [0.05, 0.1) is 24.5 Å². The molecule has 0 amide bonds. The molecule has 0 bridgehead atoms. The summed E-state index contributed by atoms with van der Waals surface area (Å²) in [6.45, 7) is -1.76. The Balaban J connectivity index is 2.49. The molecule has 2 heterocycles. The van der Waals surface area contributed by atoms with Crippen LogP contribution in [-0.2, 0) is 19.2 Å². The van der Waals surface area contributed by atoms with Gasteiger partial charge >= 0.3 is 23.9 Å². The first-order valence-corrected chi connectivity index (χ1v) is 9.40. The number of carboxylic acid groups (broad SMARTS) is 4. The Hall–Kier alpha value is -3.90. The van der Waals surface area contributed by atoms with E-state index in [1.54, 1.807) is 24.3 Å². The topological polar surface area (TPSA) is 181 Å². The van der Waals surface area contributed by atoms with Crippen LogP contribution in [0.25, 0.3) is 0 Å². The Morgan fingerprint density at radius 2 is 1.16 bits per heavy atom. The molecule has 0 radical (unpaired) electrons. The molecule has 12 nitrogen and oxygen atoms in total. The molecular weight excluding hydrogens is 424 g/mol. The molecule has 4 N–H and O–H groups in total. The molecule has 2 atom stereocenters. The van der Waals surface area contributed by atoms with Crippen molar-refractivity contribution in [2.45, 2.75) is 12.1 Å². The minimum atomic E-state index is -1.52. The lowest BCUT2D eigenvalue weighted by molar-refractivity contribution is -0.153. The van der Waals surface area contributed by atoms with Gasteiger partial charge in [0.25, 0.3) is 0 Å². The number of aromatic nitrogens is 2. The Morgan fingerprint density at radius 1 is 0.719 bits per heavy atom. The fourth-order valence-corrected chi connectivity index (χ4v) is 3.21. The molecule has 170 valence electrons. The van der Waals surface area contributed by atoms with E-state index < -0.39 is 49.1 Å². The first-order chi connectivity index (χ1) is 15.2. The lowest BCUT2D eigenvalue weighted by Crippen LogP contribution is -2.46. The second-order valence-electron chi connectivity index (χ2n) is 6.73. The molecule has 0 saturated carbocycles. The average molecular weight is 446 g/mol. The molecule has 12 heteroatoms. The predicted octanol–water partition coefficient (Wildman–Crippen LogP) is 0.201. The molecular formula is C20H22N4O8. The molecule has 0 spiro atoms. The maximum absolute atomic E-state index is 12.2. The third kappa shape index (κ3) is 6.82.